The van der Waals surface area contributed by atoms with Crippen molar-refractivity contribution in [2.45, 2.75) is 167 Å². The van der Waals surface area contributed by atoms with Crippen molar-refractivity contribution in [3.05, 3.63) is 72.9 Å². The minimum absolute atomic E-state index is 0.0982. The molecule has 13 nitrogen and oxygen atoms in total. The molecule has 0 radical (unpaired) electrons. The summed E-state index contributed by atoms with van der Waals surface area (Å²) in [7, 11) is -9.69. The average Bonchev–Trinajstić information content (AvgIpc) is 3.19. The summed E-state index contributed by atoms with van der Waals surface area (Å²) in [6.45, 7) is 1.56. The van der Waals surface area contributed by atoms with E-state index in [1.54, 1.807) is 0 Å². The van der Waals surface area contributed by atoms with Gasteiger partial charge in [0.2, 0.25) is 0 Å². The highest BCUT2D eigenvalue weighted by molar-refractivity contribution is 7.47. The second-order valence-electron chi connectivity index (χ2n) is 14.2. The van der Waals surface area contributed by atoms with Crippen LogP contribution in [0.1, 0.15) is 155 Å². The van der Waals surface area contributed by atoms with Gasteiger partial charge in [-0.25, -0.2) is 9.13 Å². The van der Waals surface area contributed by atoms with Gasteiger partial charge < -0.3 is 29.3 Å². The number of allylic oxidation sites excluding steroid dienone is 12. The minimum Gasteiger partial charge on any atom is -0.462 e. The monoisotopic (exact) mass is 874 g/mol. The molecule has 0 saturated heterocycles. The van der Waals surface area contributed by atoms with Crippen LogP contribution in [0.25, 0.3) is 0 Å². The quantitative estimate of drug-likeness (QED) is 0.0197. The molecule has 0 amide bonds. The average molecular weight is 875 g/mol. The molecule has 3 atom stereocenters. The minimum atomic E-state index is -4.87. The van der Waals surface area contributed by atoms with Gasteiger partial charge in [0, 0.05) is 12.8 Å². The van der Waals surface area contributed by atoms with Gasteiger partial charge in [-0.3, -0.25) is 23.2 Å². The van der Waals surface area contributed by atoms with Crippen LogP contribution in [-0.2, 0) is 41.8 Å². The first-order chi connectivity index (χ1) is 28.4. The molecule has 0 aromatic rings. The van der Waals surface area contributed by atoms with Crippen LogP contribution >= 0.6 is 15.6 Å². The van der Waals surface area contributed by atoms with E-state index in [-0.39, 0.29) is 12.8 Å². The molecular formula is C44H76O13P2. The molecule has 0 aromatic heterocycles. The maximum atomic E-state index is 12.7. The topological polar surface area (TPSA) is 195 Å². The molecule has 59 heavy (non-hydrogen) atoms. The van der Waals surface area contributed by atoms with Crippen molar-refractivity contribution in [3.63, 3.8) is 0 Å². The van der Waals surface area contributed by atoms with Crippen molar-refractivity contribution >= 4 is 27.6 Å². The fraction of sp³-hybridized carbons (Fsp3) is 0.682. The first-order valence-corrected chi connectivity index (χ1v) is 24.7. The third-order valence-electron chi connectivity index (χ3n) is 8.57. The van der Waals surface area contributed by atoms with Gasteiger partial charge in [0.1, 0.15) is 12.7 Å². The molecule has 340 valence electrons. The summed E-state index contributed by atoms with van der Waals surface area (Å²) in [5.74, 6) is -1.08. The van der Waals surface area contributed by atoms with E-state index in [9.17, 15) is 28.7 Å². The number of rotatable bonds is 40. The molecule has 0 aromatic carbocycles. The van der Waals surface area contributed by atoms with Crippen molar-refractivity contribution in [1.29, 1.82) is 0 Å². The molecule has 4 N–H and O–H groups in total. The van der Waals surface area contributed by atoms with Crippen LogP contribution in [0, 0.1) is 0 Å². The second kappa shape index (κ2) is 39.7. The molecule has 0 saturated carbocycles. The number of hydrogen-bond acceptors (Lipinski definition) is 10. The van der Waals surface area contributed by atoms with E-state index < -0.39 is 66.2 Å². The first-order valence-electron chi connectivity index (χ1n) is 21.6. The van der Waals surface area contributed by atoms with Crippen molar-refractivity contribution < 1.29 is 61.6 Å². The molecule has 0 aliphatic rings. The van der Waals surface area contributed by atoms with E-state index in [1.165, 1.54) is 19.3 Å². The molecule has 0 bridgehead atoms. The summed E-state index contributed by atoms with van der Waals surface area (Å²) in [6.07, 6.45) is 43.2. The third-order valence-corrected chi connectivity index (χ3v) is 10.0. The van der Waals surface area contributed by atoms with E-state index in [0.29, 0.717) is 12.8 Å². The molecule has 0 rings (SSSR count). The van der Waals surface area contributed by atoms with Crippen LogP contribution in [-0.4, -0.2) is 70.4 Å². The van der Waals surface area contributed by atoms with Crippen molar-refractivity contribution in [2.75, 3.05) is 26.4 Å². The Hall–Kier alpha value is -2.44. The number of carbonyl (C=O) groups is 2. The van der Waals surface area contributed by atoms with Crippen molar-refractivity contribution in [3.8, 4) is 0 Å². The van der Waals surface area contributed by atoms with Crippen LogP contribution in [0.4, 0.5) is 0 Å². The lowest BCUT2D eigenvalue weighted by Crippen LogP contribution is -2.30. The zero-order valence-electron chi connectivity index (χ0n) is 35.8. The van der Waals surface area contributed by atoms with Gasteiger partial charge in [0.15, 0.2) is 6.10 Å². The molecule has 15 heteroatoms. The molecule has 0 heterocycles. The number of phosphoric acid groups is 2. The number of esters is 2. The van der Waals surface area contributed by atoms with E-state index in [0.717, 1.165) is 96.3 Å². The molecule has 0 aliphatic carbocycles. The summed E-state index contributed by atoms with van der Waals surface area (Å²) in [4.78, 5) is 52.7. The lowest BCUT2D eigenvalue weighted by molar-refractivity contribution is -0.161. The second-order valence-corrected chi connectivity index (χ2v) is 16.9. The van der Waals surface area contributed by atoms with Gasteiger partial charge in [-0.15, -0.1) is 0 Å². The Balaban J connectivity index is 4.61. The molecule has 1 unspecified atom stereocenters. The number of hydrogen-bond donors (Lipinski definition) is 4. The summed E-state index contributed by atoms with van der Waals surface area (Å²) in [5.41, 5.74) is 0. The van der Waals surface area contributed by atoms with Gasteiger partial charge in [0.05, 0.1) is 19.8 Å². The van der Waals surface area contributed by atoms with E-state index >= 15 is 0 Å². The number of ether oxygens (including phenoxy) is 2. The predicted octanol–water partition coefficient (Wildman–Crippen LogP) is 11.0. The number of aliphatic hydroxyl groups excluding tert-OH is 1. The summed E-state index contributed by atoms with van der Waals surface area (Å²) >= 11 is 0. The Kier molecular flexibility index (Phi) is 38.0. The SMILES string of the molecule is CC/C=C\C/C=C\C/C=C\CCCCCCCC(=O)OC[C@H](COP(=O)(O)OC[C@@H](O)COP(=O)(O)O)OC(=O)CCCCCC/C=C\C/C=C\C/C=C\CCCCC. The highest BCUT2D eigenvalue weighted by Crippen LogP contribution is 2.43. The van der Waals surface area contributed by atoms with Crippen LogP contribution in [0.15, 0.2) is 72.9 Å². The van der Waals surface area contributed by atoms with Gasteiger partial charge in [-0.2, -0.15) is 0 Å². The van der Waals surface area contributed by atoms with Crippen LogP contribution in [0.3, 0.4) is 0 Å². The zero-order chi connectivity index (χ0) is 43.7. The Morgan fingerprint density at radius 3 is 1.44 bits per heavy atom. The highest BCUT2D eigenvalue weighted by Gasteiger charge is 2.28. The van der Waals surface area contributed by atoms with Gasteiger partial charge >= 0.3 is 27.6 Å². The summed E-state index contributed by atoms with van der Waals surface area (Å²) in [5, 5.41) is 9.74. The lowest BCUT2D eigenvalue weighted by Gasteiger charge is -2.20. The standard InChI is InChI=1S/C44H76O13P2/c1-3-5-7-9-11-13-15-17-19-20-22-24-26-28-30-32-34-36-44(47)57-42(40-56-59(51,52)55-38-41(45)37-54-58(48,49)50)39-53-43(46)35-33-31-29-27-25-23-21-18-16-14-12-10-8-6-4-2/h6,8,11-14,17-19,21-22,24,41-42,45H,3-5,7,9-10,15-16,20,23,25-40H2,1-2H3,(H,51,52)(H2,48,49,50)/b8-6-,13-11-,14-12-,19-17-,21-18-,24-22-/t41-,42+/m0/s1. The van der Waals surface area contributed by atoms with Crippen LogP contribution in [0.5, 0.6) is 0 Å². The van der Waals surface area contributed by atoms with Gasteiger partial charge in [-0.05, 0) is 83.5 Å². The number of aliphatic hydroxyl groups is 1. The summed E-state index contributed by atoms with van der Waals surface area (Å²) < 4.78 is 47.7. The predicted molar refractivity (Wildman–Crippen MR) is 234 cm³/mol. The Labute approximate surface area is 354 Å². The molecule has 0 fully saturated rings. The normalized spacial score (nSPS) is 14.7. The van der Waals surface area contributed by atoms with Crippen LogP contribution < -0.4 is 0 Å². The fourth-order valence-electron chi connectivity index (χ4n) is 5.31. The number of phosphoric ester groups is 2. The molecule has 0 aliphatic heterocycles. The number of carbonyl (C=O) groups excluding carboxylic acids is 2. The molecular weight excluding hydrogens is 798 g/mol. The Morgan fingerprint density at radius 1 is 0.508 bits per heavy atom. The zero-order valence-corrected chi connectivity index (χ0v) is 37.6. The van der Waals surface area contributed by atoms with E-state index in [4.69, 9.17) is 23.8 Å². The van der Waals surface area contributed by atoms with Gasteiger partial charge in [-0.1, -0.05) is 132 Å². The smallest absolute Gasteiger partial charge is 0.462 e. The fourth-order valence-corrected chi connectivity index (χ4v) is 6.46. The van der Waals surface area contributed by atoms with Gasteiger partial charge in [0.25, 0.3) is 0 Å². The Morgan fingerprint density at radius 2 is 0.932 bits per heavy atom. The Bertz CT molecular complexity index is 1320. The largest absolute Gasteiger partial charge is 0.472 e. The van der Waals surface area contributed by atoms with Crippen molar-refractivity contribution in [1.82, 2.24) is 0 Å². The molecule has 0 spiro atoms. The van der Waals surface area contributed by atoms with E-state index in [1.807, 2.05) is 0 Å². The number of unbranched alkanes of at least 4 members (excludes halogenated alkanes) is 12. The maximum absolute atomic E-state index is 12.7. The van der Waals surface area contributed by atoms with Crippen LogP contribution in [0.2, 0.25) is 0 Å². The van der Waals surface area contributed by atoms with E-state index in [2.05, 4.69) is 95.8 Å². The summed E-state index contributed by atoms with van der Waals surface area (Å²) in [6, 6.07) is 0. The first kappa shape index (κ1) is 56.6. The van der Waals surface area contributed by atoms with Crippen molar-refractivity contribution in [2.24, 2.45) is 0 Å². The maximum Gasteiger partial charge on any atom is 0.472 e. The third kappa shape index (κ3) is 43.5. The highest BCUT2D eigenvalue weighted by atomic mass is 31.2. The lowest BCUT2D eigenvalue weighted by atomic mass is 10.1.